The maximum Gasteiger partial charge on any atom is 0.125 e. The fourth-order valence-electron chi connectivity index (χ4n) is 3.96. The number of rotatable bonds is 0. The van der Waals surface area contributed by atoms with Gasteiger partial charge in [0.05, 0.1) is 15.8 Å². The second-order valence-electron chi connectivity index (χ2n) is 6.78. The summed E-state index contributed by atoms with van der Waals surface area (Å²) in [5.41, 5.74) is 5.65. The highest BCUT2D eigenvalue weighted by atomic mass is 127. The van der Waals surface area contributed by atoms with Crippen LogP contribution in [0, 0.1) is 14.1 Å². The summed E-state index contributed by atoms with van der Waals surface area (Å²) in [6.45, 7) is 9.87. The molecule has 1 atom stereocenters. The van der Waals surface area contributed by atoms with Crippen LogP contribution in [0.3, 0.4) is 0 Å². The van der Waals surface area contributed by atoms with Crippen molar-refractivity contribution in [1.82, 2.24) is 10.2 Å². The van der Waals surface area contributed by atoms with Crippen molar-refractivity contribution in [3.63, 3.8) is 0 Å². The Kier molecular flexibility index (Phi) is 4.51. The molecule has 1 N–H and O–H groups in total. The number of anilines is 1. The molecule has 3 aliphatic rings. The van der Waals surface area contributed by atoms with Crippen LogP contribution in [0.1, 0.15) is 24.5 Å². The number of hydrogen-bond donors (Lipinski definition) is 1. The third kappa shape index (κ3) is 2.78. The molecule has 0 aromatic heterocycles. The molecule has 0 radical (unpaired) electrons. The van der Waals surface area contributed by atoms with Crippen molar-refractivity contribution in [1.29, 1.82) is 0 Å². The standard InChI is InChI=1S/C17H22I2N4/c1-10-8-22(7-5-20-10)13-9-23-6-3-4-12-11(2)14(18)15(19)16(21-13)17(12)23/h10,20H,3-9H2,1-2H3/t10-/m1/s1. The van der Waals surface area contributed by atoms with Gasteiger partial charge in [-0.1, -0.05) is 0 Å². The number of piperazine rings is 1. The van der Waals surface area contributed by atoms with Crippen molar-refractivity contribution in [2.75, 3.05) is 37.6 Å². The van der Waals surface area contributed by atoms with E-state index in [0.29, 0.717) is 6.04 Å². The quantitative estimate of drug-likeness (QED) is 0.517. The van der Waals surface area contributed by atoms with Crippen LogP contribution in [0.5, 0.6) is 0 Å². The minimum atomic E-state index is 0.544. The fraction of sp³-hybridized carbons (Fsp3) is 0.588. The van der Waals surface area contributed by atoms with E-state index in [1.807, 2.05) is 0 Å². The number of amidine groups is 1. The van der Waals surface area contributed by atoms with E-state index in [2.05, 4.69) is 74.1 Å². The highest BCUT2D eigenvalue weighted by molar-refractivity contribution is 14.1. The summed E-state index contributed by atoms with van der Waals surface area (Å²) in [5, 5.41) is 3.53. The molecular formula is C17H22I2N4. The molecule has 1 saturated heterocycles. The third-order valence-corrected chi connectivity index (χ3v) is 8.60. The Morgan fingerprint density at radius 3 is 2.78 bits per heavy atom. The largest absolute Gasteiger partial charge is 0.362 e. The first-order chi connectivity index (χ1) is 11.1. The molecule has 1 fully saturated rings. The maximum atomic E-state index is 5.16. The lowest BCUT2D eigenvalue weighted by atomic mass is 9.94. The van der Waals surface area contributed by atoms with Crippen LogP contribution in [0.4, 0.5) is 11.4 Å². The highest BCUT2D eigenvalue weighted by Gasteiger charge is 2.32. The van der Waals surface area contributed by atoms with Gasteiger partial charge in [-0.25, -0.2) is 4.99 Å². The summed E-state index contributed by atoms with van der Waals surface area (Å²) in [5.74, 6) is 1.26. The lowest BCUT2D eigenvalue weighted by Gasteiger charge is -2.42. The van der Waals surface area contributed by atoms with Crippen molar-refractivity contribution < 1.29 is 0 Å². The van der Waals surface area contributed by atoms with E-state index in [9.17, 15) is 0 Å². The number of nitrogens with zero attached hydrogens (tertiary/aromatic N) is 3. The Hall–Kier alpha value is -0.0900. The van der Waals surface area contributed by atoms with Crippen LogP contribution in [0.2, 0.25) is 0 Å². The third-order valence-electron chi connectivity index (χ3n) is 5.17. The average molecular weight is 536 g/mol. The van der Waals surface area contributed by atoms with Crippen LogP contribution in [-0.4, -0.2) is 49.5 Å². The molecule has 0 amide bonds. The Balaban J connectivity index is 1.82. The molecule has 0 saturated carbocycles. The van der Waals surface area contributed by atoms with Gasteiger partial charge in [-0.15, -0.1) is 0 Å². The number of hydrogen-bond acceptors (Lipinski definition) is 4. The summed E-state index contributed by atoms with van der Waals surface area (Å²) < 4.78 is 2.71. The van der Waals surface area contributed by atoms with Gasteiger partial charge in [-0.2, -0.15) is 0 Å². The fourth-order valence-corrected chi connectivity index (χ4v) is 5.32. The van der Waals surface area contributed by atoms with Gasteiger partial charge in [0.15, 0.2) is 0 Å². The van der Waals surface area contributed by atoms with E-state index in [1.54, 1.807) is 0 Å². The second-order valence-corrected chi connectivity index (χ2v) is 8.94. The highest BCUT2D eigenvalue weighted by Crippen LogP contribution is 2.46. The van der Waals surface area contributed by atoms with Gasteiger partial charge in [-0.05, 0) is 83.0 Å². The molecule has 0 bridgehead atoms. The van der Waals surface area contributed by atoms with Crippen LogP contribution in [0.15, 0.2) is 4.99 Å². The van der Waals surface area contributed by atoms with Gasteiger partial charge in [0, 0.05) is 35.8 Å². The molecule has 4 nitrogen and oxygen atoms in total. The normalized spacial score (nSPS) is 23.7. The molecular weight excluding hydrogens is 514 g/mol. The topological polar surface area (TPSA) is 30.9 Å². The Labute approximate surface area is 165 Å². The minimum Gasteiger partial charge on any atom is -0.362 e. The first-order valence-electron chi connectivity index (χ1n) is 8.37. The predicted octanol–water partition coefficient (Wildman–Crippen LogP) is 3.29. The maximum absolute atomic E-state index is 5.16. The van der Waals surface area contributed by atoms with E-state index in [0.717, 1.165) is 32.7 Å². The number of halogens is 2. The summed E-state index contributed by atoms with van der Waals surface area (Å²) in [7, 11) is 0. The first-order valence-corrected chi connectivity index (χ1v) is 10.5. The Morgan fingerprint density at radius 2 is 2.00 bits per heavy atom. The summed E-state index contributed by atoms with van der Waals surface area (Å²) in [6.07, 6.45) is 2.46. The van der Waals surface area contributed by atoms with Crippen molar-refractivity contribution in [2.45, 2.75) is 32.7 Å². The molecule has 3 aliphatic heterocycles. The number of aliphatic imine (C=N–C) groups is 1. The van der Waals surface area contributed by atoms with Crippen LogP contribution in [-0.2, 0) is 6.42 Å². The molecule has 23 heavy (non-hydrogen) atoms. The van der Waals surface area contributed by atoms with E-state index in [1.165, 1.54) is 48.3 Å². The van der Waals surface area contributed by atoms with Gasteiger partial charge in [0.2, 0.25) is 0 Å². The van der Waals surface area contributed by atoms with Crippen molar-refractivity contribution in [2.24, 2.45) is 4.99 Å². The van der Waals surface area contributed by atoms with E-state index >= 15 is 0 Å². The van der Waals surface area contributed by atoms with Gasteiger partial charge >= 0.3 is 0 Å². The summed E-state index contributed by atoms with van der Waals surface area (Å²) in [4.78, 5) is 10.2. The number of benzene rings is 1. The molecule has 3 heterocycles. The second kappa shape index (κ2) is 6.33. The zero-order chi connectivity index (χ0) is 16.1. The first kappa shape index (κ1) is 16.4. The molecule has 4 rings (SSSR count). The Bertz CT molecular complexity index is 686. The van der Waals surface area contributed by atoms with Crippen LogP contribution in [0.25, 0.3) is 0 Å². The Morgan fingerprint density at radius 1 is 1.17 bits per heavy atom. The van der Waals surface area contributed by atoms with Crippen molar-refractivity contribution in [3.05, 3.63) is 18.3 Å². The molecule has 1 aromatic rings. The van der Waals surface area contributed by atoms with E-state index in [-0.39, 0.29) is 0 Å². The van der Waals surface area contributed by atoms with Crippen molar-refractivity contribution >= 4 is 62.4 Å². The van der Waals surface area contributed by atoms with Gasteiger partial charge in [-0.3, -0.25) is 0 Å². The molecule has 1 aromatic carbocycles. The summed E-state index contributed by atoms with van der Waals surface area (Å²) >= 11 is 4.99. The molecule has 0 aliphatic carbocycles. The summed E-state index contributed by atoms with van der Waals surface area (Å²) in [6, 6.07) is 0.544. The SMILES string of the molecule is Cc1c(I)c(I)c2c3c1CCCN3CC(N1CCN[C@H](C)C1)=N2. The number of nitrogens with one attached hydrogen (secondary N) is 1. The smallest absolute Gasteiger partial charge is 0.125 e. The molecule has 6 heteroatoms. The minimum absolute atomic E-state index is 0.544. The lowest BCUT2D eigenvalue weighted by Crippen LogP contribution is -2.54. The zero-order valence-electron chi connectivity index (χ0n) is 13.6. The van der Waals surface area contributed by atoms with Gasteiger partial charge < -0.3 is 15.1 Å². The average Bonchev–Trinajstić information content (AvgIpc) is 2.57. The zero-order valence-corrected chi connectivity index (χ0v) is 17.9. The monoisotopic (exact) mass is 536 g/mol. The van der Waals surface area contributed by atoms with Gasteiger partial charge in [0.25, 0.3) is 0 Å². The van der Waals surface area contributed by atoms with Gasteiger partial charge in [0.1, 0.15) is 11.5 Å². The molecule has 124 valence electrons. The van der Waals surface area contributed by atoms with E-state index in [4.69, 9.17) is 4.99 Å². The van der Waals surface area contributed by atoms with Crippen LogP contribution >= 0.6 is 45.2 Å². The lowest BCUT2D eigenvalue weighted by molar-refractivity contribution is 0.300. The molecule has 0 unspecified atom stereocenters. The van der Waals surface area contributed by atoms with E-state index < -0.39 is 0 Å². The van der Waals surface area contributed by atoms with Crippen LogP contribution < -0.4 is 10.2 Å². The van der Waals surface area contributed by atoms with Crippen molar-refractivity contribution in [3.8, 4) is 0 Å². The molecule has 0 spiro atoms. The predicted molar refractivity (Wildman–Crippen MR) is 113 cm³/mol.